The molecule has 2 saturated heterocycles. The van der Waals surface area contributed by atoms with E-state index < -0.39 is 0 Å². The molecule has 2 rings (SSSR count). The van der Waals surface area contributed by atoms with Crippen LogP contribution in [0, 0.1) is 5.92 Å². The van der Waals surface area contributed by atoms with Crippen molar-refractivity contribution in [1.29, 1.82) is 0 Å². The van der Waals surface area contributed by atoms with Gasteiger partial charge in [-0.25, -0.2) is 0 Å². The number of thioether (sulfide) groups is 1. The van der Waals surface area contributed by atoms with Gasteiger partial charge in [-0.2, -0.15) is 11.8 Å². The largest absolute Gasteiger partial charge is 0.375 e. The zero-order valence-corrected chi connectivity index (χ0v) is 13.9. The van der Waals surface area contributed by atoms with Crippen molar-refractivity contribution in [2.45, 2.75) is 76.4 Å². The van der Waals surface area contributed by atoms with E-state index in [0.29, 0.717) is 12.0 Å². The van der Waals surface area contributed by atoms with Gasteiger partial charge >= 0.3 is 0 Å². The van der Waals surface area contributed by atoms with Crippen molar-refractivity contribution in [3.63, 3.8) is 0 Å². The topological polar surface area (TPSA) is 47.3 Å². The maximum Gasteiger partial charge on any atom is 0.0701 e. The van der Waals surface area contributed by atoms with Gasteiger partial charge in [0.1, 0.15) is 0 Å². The number of ether oxygens (including phenoxy) is 1. The minimum absolute atomic E-state index is 0.187. The Hall–Kier alpha value is 0.230. The lowest BCUT2D eigenvalue weighted by Gasteiger charge is -2.45. The summed E-state index contributed by atoms with van der Waals surface area (Å²) in [4.78, 5) is 0. The first-order valence-corrected chi connectivity index (χ1v) is 9.63. The van der Waals surface area contributed by atoms with Gasteiger partial charge in [0, 0.05) is 12.6 Å². The van der Waals surface area contributed by atoms with Crippen LogP contribution >= 0.6 is 11.8 Å². The van der Waals surface area contributed by atoms with Gasteiger partial charge in [0.2, 0.25) is 0 Å². The van der Waals surface area contributed by atoms with Crippen molar-refractivity contribution >= 4 is 11.8 Å². The fourth-order valence-corrected chi connectivity index (χ4v) is 4.98. The maximum absolute atomic E-state index is 6.19. The number of hydrazine groups is 1. The van der Waals surface area contributed by atoms with Crippen LogP contribution in [0.1, 0.15) is 64.7 Å². The Morgan fingerprint density at radius 3 is 2.80 bits per heavy atom. The Morgan fingerprint density at radius 1 is 1.30 bits per heavy atom. The van der Waals surface area contributed by atoms with Crippen LogP contribution in [0.25, 0.3) is 0 Å². The fourth-order valence-electron chi connectivity index (χ4n) is 3.75. The zero-order valence-electron chi connectivity index (χ0n) is 13.0. The minimum atomic E-state index is 0.187. The van der Waals surface area contributed by atoms with E-state index in [9.17, 15) is 0 Å². The van der Waals surface area contributed by atoms with Crippen molar-refractivity contribution < 1.29 is 4.74 Å². The molecular formula is C16H32N2OS. The second kappa shape index (κ2) is 8.62. The average molecular weight is 301 g/mol. The number of hydrogen-bond donors (Lipinski definition) is 2. The Balaban J connectivity index is 1.82. The Bertz CT molecular complexity index is 264. The highest BCUT2D eigenvalue weighted by Gasteiger charge is 2.40. The van der Waals surface area contributed by atoms with E-state index in [1.807, 2.05) is 0 Å². The molecular weight excluding hydrogens is 268 g/mol. The number of hydrogen-bond acceptors (Lipinski definition) is 4. The van der Waals surface area contributed by atoms with E-state index in [0.717, 1.165) is 6.61 Å². The number of nitrogens with one attached hydrogen (secondary N) is 1. The molecule has 3 N–H and O–H groups in total. The van der Waals surface area contributed by atoms with Crippen molar-refractivity contribution in [2.24, 2.45) is 11.8 Å². The lowest BCUT2D eigenvalue weighted by Crippen LogP contribution is -2.50. The van der Waals surface area contributed by atoms with Crippen LogP contribution in [0.5, 0.6) is 0 Å². The van der Waals surface area contributed by atoms with E-state index in [-0.39, 0.29) is 5.60 Å². The average Bonchev–Trinajstić information content (AvgIpc) is 2.48. The molecule has 3 nitrogen and oxygen atoms in total. The molecule has 0 aromatic rings. The van der Waals surface area contributed by atoms with Crippen LogP contribution in [0.15, 0.2) is 0 Å². The quantitative estimate of drug-likeness (QED) is 0.429. The van der Waals surface area contributed by atoms with Crippen LogP contribution in [-0.2, 0) is 4.74 Å². The highest BCUT2D eigenvalue weighted by Crippen LogP contribution is 2.41. The normalized spacial score (nSPS) is 27.6. The number of rotatable bonds is 7. The molecule has 2 fully saturated rings. The van der Waals surface area contributed by atoms with Gasteiger partial charge in [-0.1, -0.05) is 32.6 Å². The highest BCUT2D eigenvalue weighted by atomic mass is 32.2. The van der Waals surface area contributed by atoms with E-state index in [1.165, 1.54) is 69.3 Å². The van der Waals surface area contributed by atoms with E-state index in [4.69, 9.17) is 10.6 Å². The Morgan fingerprint density at radius 2 is 2.10 bits per heavy atom. The molecule has 0 aliphatic carbocycles. The summed E-state index contributed by atoms with van der Waals surface area (Å²) >= 11 is 2.08. The molecule has 20 heavy (non-hydrogen) atoms. The molecule has 0 saturated carbocycles. The second-order valence-corrected chi connectivity index (χ2v) is 7.74. The summed E-state index contributed by atoms with van der Waals surface area (Å²) in [7, 11) is 0. The van der Waals surface area contributed by atoms with Gasteiger partial charge in [-0.05, 0) is 49.5 Å². The molecule has 2 aliphatic rings. The molecule has 0 amide bonds. The van der Waals surface area contributed by atoms with Crippen molar-refractivity contribution in [3.05, 3.63) is 0 Å². The molecule has 0 aromatic heterocycles. The van der Waals surface area contributed by atoms with Crippen LogP contribution in [-0.4, -0.2) is 29.8 Å². The summed E-state index contributed by atoms with van der Waals surface area (Å²) < 4.78 is 6.19. The first-order valence-electron chi connectivity index (χ1n) is 8.47. The zero-order chi connectivity index (χ0) is 14.3. The molecule has 4 heteroatoms. The standard InChI is InChI=1S/C16H32N2OS/c1-2-3-4-5-6-15(18-17)14-7-10-19-16(13-14)8-11-20-12-9-16/h14-15,18H,2-13,17H2,1H3. The van der Waals surface area contributed by atoms with Crippen LogP contribution < -0.4 is 11.3 Å². The molecule has 0 aromatic carbocycles. The highest BCUT2D eigenvalue weighted by molar-refractivity contribution is 7.99. The number of nitrogens with two attached hydrogens (primary N) is 1. The first kappa shape index (κ1) is 16.6. The summed E-state index contributed by atoms with van der Waals surface area (Å²) in [6.07, 6.45) is 11.4. The van der Waals surface area contributed by atoms with E-state index in [1.54, 1.807) is 0 Å². The second-order valence-electron chi connectivity index (χ2n) is 6.52. The molecule has 2 atom stereocenters. The third kappa shape index (κ3) is 4.62. The van der Waals surface area contributed by atoms with Crippen LogP contribution in [0.3, 0.4) is 0 Å². The van der Waals surface area contributed by atoms with Gasteiger partial charge in [0.15, 0.2) is 0 Å². The van der Waals surface area contributed by atoms with Gasteiger partial charge in [-0.3, -0.25) is 11.3 Å². The maximum atomic E-state index is 6.19. The predicted molar refractivity (Wildman–Crippen MR) is 87.8 cm³/mol. The molecule has 2 unspecified atom stereocenters. The van der Waals surface area contributed by atoms with Crippen LogP contribution in [0.2, 0.25) is 0 Å². The van der Waals surface area contributed by atoms with E-state index >= 15 is 0 Å². The fraction of sp³-hybridized carbons (Fsp3) is 1.00. The smallest absolute Gasteiger partial charge is 0.0701 e. The summed E-state index contributed by atoms with van der Waals surface area (Å²) in [5, 5.41) is 0. The van der Waals surface area contributed by atoms with Gasteiger partial charge in [0.05, 0.1) is 5.60 Å². The van der Waals surface area contributed by atoms with Gasteiger partial charge < -0.3 is 4.74 Å². The summed E-state index contributed by atoms with van der Waals surface area (Å²) in [5.74, 6) is 9.08. The Kier molecular flexibility index (Phi) is 7.15. The summed E-state index contributed by atoms with van der Waals surface area (Å²) in [6.45, 7) is 3.20. The molecule has 118 valence electrons. The third-order valence-corrected chi connectivity index (χ3v) is 6.07. The van der Waals surface area contributed by atoms with Crippen molar-refractivity contribution in [3.8, 4) is 0 Å². The Labute approximate surface area is 128 Å². The molecule has 2 aliphatic heterocycles. The minimum Gasteiger partial charge on any atom is -0.375 e. The number of unbranched alkanes of at least 4 members (excludes halogenated alkanes) is 3. The lowest BCUT2D eigenvalue weighted by atomic mass is 9.77. The molecule has 2 heterocycles. The van der Waals surface area contributed by atoms with E-state index in [2.05, 4.69) is 24.1 Å². The molecule has 0 radical (unpaired) electrons. The molecule has 1 spiro atoms. The lowest BCUT2D eigenvalue weighted by molar-refractivity contribution is -0.107. The predicted octanol–water partition coefficient (Wildman–Crippen LogP) is 3.48. The van der Waals surface area contributed by atoms with Gasteiger partial charge in [0.25, 0.3) is 0 Å². The van der Waals surface area contributed by atoms with Crippen molar-refractivity contribution in [2.75, 3.05) is 18.1 Å². The molecule has 0 bridgehead atoms. The van der Waals surface area contributed by atoms with Gasteiger partial charge in [-0.15, -0.1) is 0 Å². The van der Waals surface area contributed by atoms with Crippen LogP contribution in [0.4, 0.5) is 0 Å². The van der Waals surface area contributed by atoms with Crippen molar-refractivity contribution in [1.82, 2.24) is 5.43 Å². The third-order valence-electron chi connectivity index (χ3n) is 5.09. The first-order chi connectivity index (χ1) is 9.79. The monoisotopic (exact) mass is 300 g/mol. The summed E-state index contributed by atoms with van der Waals surface area (Å²) in [5.41, 5.74) is 3.30. The SMILES string of the molecule is CCCCCCC(NN)C1CCOC2(CCSCC2)C1. The summed E-state index contributed by atoms with van der Waals surface area (Å²) in [6, 6.07) is 0.488.